The van der Waals surface area contributed by atoms with Crippen LogP contribution in [-0.4, -0.2) is 47.4 Å². The van der Waals surface area contributed by atoms with Gasteiger partial charge < -0.3 is 24.2 Å². The number of anilines is 1. The Hall–Kier alpha value is -4.08. The molecule has 1 fully saturated rings. The van der Waals surface area contributed by atoms with Gasteiger partial charge >= 0.3 is 17.9 Å². The van der Waals surface area contributed by atoms with Crippen molar-refractivity contribution in [2.45, 2.75) is 30.9 Å². The van der Waals surface area contributed by atoms with Crippen molar-refractivity contribution in [2.24, 2.45) is 0 Å². The summed E-state index contributed by atoms with van der Waals surface area (Å²) >= 11 is 0. The average Bonchev–Trinajstić information content (AvgIpc) is 3.18. The van der Waals surface area contributed by atoms with Crippen LogP contribution < -0.4 is 16.4 Å². The minimum absolute atomic E-state index is 0.258. The van der Waals surface area contributed by atoms with E-state index in [-0.39, 0.29) is 12.5 Å². The van der Waals surface area contributed by atoms with E-state index in [2.05, 4.69) is 15.6 Å². The molecule has 10 heteroatoms. The lowest BCUT2D eigenvalue weighted by Crippen LogP contribution is -2.53. The number of para-hydroxylation sites is 1. The molecule has 3 amide bonds. The van der Waals surface area contributed by atoms with Crippen LogP contribution in [0.2, 0.25) is 0 Å². The van der Waals surface area contributed by atoms with E-state index in [9.17, 15) is 19.2 Å². The predicted octanol–water partition coefficient (Wildman–Crippen LogP) is 2.49. The maximum absolute atomic E-state index is 12.8. The molecule has 170 valence electrons. The third kappa shape index (κ3) is 3.95. The van der Waals surface area contributed by atoms with Gasteiger partial charge in [-0.25, -0.2) is 14.4 Å². The predicted molar refractivity (Wildman–Crippen MR) is 118 cm³/mol. The number of rotatable bonds is 4. The molecule has 0 saturated carbocycles. The quantitative estimate of drug-likeness (QED) is 0.523. The number of H-pyrrole nitrogens is 1. The van der Waals surface area contributed by atoms with E-state index in [1.165, 1.54) is 0 Å². The Morgan fingerprint density at radius 1 is 1.18 bits per heavy atom. The van der Waals surface area contributed by atoms with Crippen molar-refractivity contribution in [3.63, 3.8) is 0 Å². The molecule has 0 bridgehead atoms. The molecule has 2 aromatic carbocycles. The number of nitrogens with one attached hydrogen (secondary N) is 3. The molecule has 1 saturated heterocycles. The number of fused-ring (bicyclic) bond motifs is 3. The lowest BCUT2D eigenvalue weighted by molar-refractivity contribution is -0.109. The van der Waals surface area contributed by atoms with Gasteiger partial charge in [0.05, 0.1) is 17.2 Å². The molecule has 1 atom stereocenters. The van der Waals surface area contributed by atoms with Crippen molar-refractivity contribution in [3.8, 4) is 0 Å². The summed E-state index contributed by atoms with van der Waals surface area (Å²) in [6, 6.07) is 11.5. The standard InChI is InChI=1S/C23H22N4O6/c28-13-15(11-14-5-6-18-19(12-14)32-21(30)26-18)24-20(29)27-9-7-23(8-10-27)16-3-1-2-4-17(16)25-22(31)33-23/h1-6,12-13,15H,7-11H2,(H,24,29)(H,25,31)(H,26,30)/t15-/m1/s1. The molecule has 0 unspecified atom stereocenters. The fraction of sp³-hybridized carbons (Fsp3) is 0.304. The number of oxazole rings is 1. The Balaban J connectivity index is 1.23. The highest BCUT2D eigenvalue weighted by Gasteiger charge is 2.45. The molecular weight excluding hydrogens is 428 g/mol. The highest BCUT2D eigenvalue weighted by molar-refractivity contribution is 5.89. The van der Waals surface area contributed by atoms with Crippen LogP contribution in [-0.2, 0) is 21.6 Å². The molecule has 2 aliphatic heterocycles. The third-order valence-electron chi connectivity index (χ3n) is 6.22. The summed E-state index contributed by atoms with van der Waals surface area (Å²) in [6.45, 7) is 0.749. The van der Waals surface area contributed by atoms with Crippen LogP contribution in [0.1, 0.15) is 24.0 Å². The first kappa shape index (κ1) is 20.8. The molecule has 0 aliphatic carbocycles. The number of aromatic amines is 1. The average molecular weight is 450 g/mol. The van der Waals surface area contributed by atoms with Crippen LogP contribution >= 0.6 is 0 Å². The van der Waals surface area contributed by atoms with Crippen LogP contribution in [0.15, 0.2) is 51.7 Å². The fourth-order valence-electron chi connectivity index (χ4n) is 4.55. The van der Waals surface area contributed by atoms with Gasteiger partial charge in [0.15, 0.2) is 5.58 Å². The van der Waals surface area contributed by atoms with Gasteiger partial charge in [-0.3, -0.25) is 10.3 Å². The normalized spacial score (nSPS) is 17.7. The summed E-state index contributed by atoms with van der Waals surface area (Å²) in [4.78, 5) is 52.0. The number of amides is 3. The lowest BCUT2D eigenvalue weighted by atomic mass is 9.82. The Kier molecular flexibility index (Phi) is 5.12. The number of hydrogen-bond donors (Lipinski definition) is 3. The zero-order chi connectivity index (χ0) is 23.0. The van der Waals surface area contributed by atoms with Gasteiger partial charge in [-0.15, -0.1) is 0 Å². The molecular formula is C23H22N4O6. The van der Waals surface area contributed by atoms with Gasteiger partial charge in [-0.2, -0.15) is 0 Å². The molecule has 3 N–H and O–H groups in total. The minimum Gasteiger partial charge on any atom is -0.438 e. The molecule has 3 aromatic rings. The lowest BCUT2D eigenvalue weighted by Gasteiger charge is -2.44. The van der Waals surface area contributed by atoms with E-state index >= 15 is 0 Å². The van der Waals surface area contributed by atoms with Gasteiger partial charge in [0, 0.05) is 31.5 Å². The monoisotopic (exact) mass is 450 g/mol. The summed E-state index contributed by atoms with van der Waals surface area (Å²) in [5.74, 6) is -0.549. The van der Waals surface area contributed by atoms with Crippen LogP contribution in [0.5, 0.6) is 0 Å². The van der Waals surface area contributed by atoms with Crippen LogP contribution in [0, 0.1) is 0 Å². The number of likely N-dealkylation sites (tertiary alicyclic amines) is 1. The maximum atomic E-state index is 12.8. The first-order valence-electron chi connectivity index (χ1n) is 10.7. The van der Waals surface area contributed by atoms with E-state index in [1.807, 2.05) is 24.3 Å². The Morgan fingerprint density at radius 3 is 2.76 bits per heavy atom. The minimum atomic E-state index is -0.768. The van der Waals surface area contributed by atoms with Gasteiger partial charge in [-0.05, 0) is 30.2 Å². The van der Waals surface area contributed by atoms with E-state index in [0.29, 0.717) is 43.3 Å². The van der Waals surface area contributed by atoms with Crippen LogP contribution in [0.3, 0.4) is 0 Å². The van der Waals surface area contributed by atoms with Crippen molar-refractivity contribution in [2.75, 3.05) is 18.4 Å². The van der Waals surface area contributed by atoms with Crippen LogP contribution in [0.25, 0.3) is 11.1 Å². The summed E-state index contributed by atoms with van der Waals surface area (Å²) in [5, 5.41) is 5.47. The molecule has 1 aromatic heterocycles. The first-order chi connectivity index (χ1) is 16.0. The number of piperidine rings is 1. The van der Waals surface area contributed by atoms with Gasteiger partial charge in [0.1, 0.15) is 11.9 Å². The van der Waals surface area contributed by atoms with Crippen molar-refractivity contribution in [1.29, 1.82) is 0 Å². The summed E-state index contributed by atoms with van der Waals surface area (Å²) in [7, 11) is 0. The molecule has 33 heavy (non-hydrogen) atoms. The zero-order valence-corrected chi connectivity index (χ0v) is 17.6. The summed E-state index contributed by atoms with van der Waals surface area (Å²) in [5.41, 5.74) is 2.57. The van der Waals surface area contributed by atoms with Crippen molar-refractivity contribution in [1.82, 2.24) is 15.2 Å². The Morgan fingerprint density at radius 2 is 1.97 bits per heavy atom. The highest BCUT2D eigenvalue weighted by atomic mass is 16.6. The number of hydrogen-bond acceptors (Lipinski definition) is 6. The second-order valence-corrected chi connectivity index (χ2v) is 8.28. The molecule has 1 spiro atoms. The second-order valence-electron chi connectivity index (χ2n) is 8.28. The number of carbonyl (C=O) groups excluding carboxylic acids is 3. The number of aldehydes is 1. The molecule has 3 heterocycles. The third-order valence-corrected chi connectivity index (χ3v) is 6.22. The number of urea groups is 1. The molecule has 10 nitrogen and oxygen atoms in total. The summed E-state index contributed by atoms with van der Waals surface area (Å²) in [6.07, 6.45) is 1.36. The van der Waals surface area contributed by atoms with Gasteiger partial charge in [0.25, 0.3) is 0 Å². The highest BCUT2D eigenvalue weighted by Crippen LogP contribution is 2.43. The molecule has 0 radical (unpaired) electrons. The second kappa shape index (κ2) is 8.12. The van der Waals surface area contributed by atoms with E-state index < -0.39 is 23.5 Å². The van der Waals surface area contributed by atoms with E-state index in [1.54, 1.807) is 23.1 Å². The smallest absolute Gasteiger partial charge is 0.417 e. The fourth-order valence-corrected chi connectivity index (χ4v) is 4.55. The SMILES string of the molecule is O=C[C@@H](Cc1ccc2[nH]c(=O)oc2c1)NC(=O)N1CCC2(CC1)OC(=O)Nc1ccccc12. The Labute approximate surface area is 187 Å². The van der Waals surface area contributed by atoms with Gasteiger partial charge in [0.2, 0.25) is 0 Å². The van der Waals surface area contributed by atoms with E-state index in [4.69, 9.17) is 9.15 Å². The van der Waals surface area contributed by atoms with Crippen LogP contribution in [0.4, 0.5) is 15.3 Å². The maximum Gasteiger partial charge on any atom is 0.417 e. The molecule has 2 aliphatic rings. The number of aromatic nitrogens is 1. The number of nitrogens with zero attached hydrogens (tertiary/aromatic N) is 1. The number of carbonyl (C=O) groups is 3. The van der Waals surface area contributed by atoms with E-state index in [0.717, 1.165) is 16.8 Å². The topological polar surface area (TPSA) is 134 Å². The first-order valence-corrected chi connectivity index (χ1v) is 10.7. The van der Waals surface area contributed by atoms with Crippen molar-refractivity contribution >= 4 is 35.2 Å². The van der Waals surface area contributed by atoms with Crippen molar-refractivity contribution in [3.05, 3.63) is 64.1 Å². The number of ether oxygens (including phenoxy) is 1. The number of benzene rings is 2. The Bertz CT molecular complexity index is 1290. The largest absolute Gasteiger partial charge is 0.438 e. The molecule has 5 rings (SSSR count). The summed E-state index contributed by atoms with van der Waals surface area (Å²) < 4.78 is 10.7. The van der Waals surface area contributed by atoms with Gasteiger partial charge in [-0.1, -0.05) is 24.3 Å². The zero-order valence-electron chi connectivity index (χ0n) is 17.6. The van der Waals surface area contributed by atoms with Crippen molar-refractivity contribution < 1.29 is 23.5 Å².